The van der Waals surface area contributed by atoms with Crippen molar-refractivity contribution in [2.45, 2.75) is 20.8 Å². The summed E-state index contributed by atoms with van der Waals surface area (Å²) in [5, 5.41) is 8.66. The number of hydrogen-bond acceptors (Lipinski definition) is 1. The molecule has 1 aromatic rings. The van der Waals surface area contributed by atoms with Crippen LogP contribution in [0.15, 0.2) is 18.2 Å². The van der Waals surface area contributed by atoms with E-state index in [2.05, 4.69) is 32.9 Å². The van der Waals surface area contributed by atoms with Gasteiger partial charge in [0.15, 0.2) is 0 Å². The number of aryl methyl sites for hydroxylation is 3. The molecule has 1 heteroatoms. The Hall–Kier alpha value is -1.08. The van der Waals surface area contributed by atoms with Crippen molar-refractivity contribution in [2.75, 3.05) is 6.61 Å². The van der Waals surface area contributed by atoms with Gasteiger partial charge in [0.25, 0.3) is 0 Å². The Morgan fingerprint density at radius 2 is 1.69 bits per heavy atom. The van der Waals surface area contributed by atoms with E-state index in [9.17, 15) is 0 Å². The molecular weight excluding hydrogens is 160 g/mol. The molecule has 0 aliphatic heterocycles. The highest BCUT2D eigenvalue weighted by Crippen LogP contribution is 2.16. The lowest BCUT2D eigenvalue weighted by molar-refractivity contribution is 0.343. The quantitative estimate of drug-likeness (QED) is 0.734. The normalized spacial score (nSPS) is 11.1. The SMILES string of the molecule is Cc1cc(C)c(/C=C/CO)cc1C. The van der Waals surface area contributed by atoms with Gasteiger partial charge in [0.05, 0.1) is 6.61 Å². The van der Waals surface area contributed by atoms with Crippen molar-refractivity contribution >= 4 is 6.08 Å². The smallest absolute Gasteiger partial charge is 0.0615 e. The van der Waals surface area contributed by atoms with E-state index in [1.54, 1.807) is 6.08 Å². The molecule has 0 aromatic heterocycles. The van der Waals surface area contributed by atoms with Crippen molar-refractivity contribution < 1.29 is 5.11 Å². The molecule has 0 amide bonds. The van der Waals surface area contributed by atoms with Gasteiger partial charge >= 0.3 is 0 Å². The Morgan fingerprint density at radius 1 is 1.08 bits per heavy atom. The molecular formula is C12H16O. The molecule has 0 saturated carbocycles. The molecule has 70 valence electrons. The fourth-order valence-electron chi connectivity index (χ4n) is 1.34. The first kappa shape index (κ1) is 10.0. The minimum Gasteiger partial charge on any atom is -0.392 e. The first-order valence-corrected chi connectivity index (χ1v) is 4.50. The van der Waals surface area contributed by atoms with E-state index in [1.807, 2.05) is 6.08 Å². The van der Waals surface area contributed by atoms with E-state index in [4.69, 9.17) is 5.11 Å². The number of rotatable bonds is 2. The molecule has 1 N–H and O–H groups in total. The van der Waals surface area contributed by atoms with Crippen LogP contribution in [-0.2, 0) is 0 Å². The Labute approximate surface area is 79.7 Å². The monoisotopic (exact) mass is 176 g/mol. The highest BCUT2D eigenvalue weighted by molar-refractivity contribution is 5.56. The Kier molecular flexibility index (Phi) is 3.26. The van der Waals surface area contributed by atoms with Crippen molar-refractivity contribution in [2.24, 2.45) is 0 Å². The summed E-state index contributed by atoms with van der Waals surface area (Å²) in [6.07, 6.45) is 3.72. The average Bonchev–Trinajstić information content (AvgIpc) is 2.09. The second-order valence-corrected chi connectivity index (χ2v) is 3.38. The topological polar surface area (TPSA) is 20.2 Å². The highest BCUT2D eigenvalue weighted by atomic mass is 16.2. The predicted molar refractivity (Wildman–Crippen MR) is 56.8 cm³/mol. The summed E-state index contributed by atoms with van der Waals surface area (Å²) in [6.45, 7) is 6.41. The molecule has 0 bridgehead atoms. The minimum atomic E-state index is 0.104. The molecule has 0 unspecified atom stereocenters. The number of hydrogen-bond donors (Lipinski definition) is 1. The van der Waals surface area contributed by atoms with Crippen LogP contribution >= 0.6 is 0 Å². The van der Waals surface area contributed by atoms with Crippen LogP contribution in [0.3, 0.4) is 0 Å². The Morgan fingerprint density at radius 3 is 2.31 bits per heavy atom. The Balaban J connectivity index is 3.08. The lowest BCUT2D eigenvalue weighted by Gasteiger charge is -2.05. The van der Waals surface area contributed by atoms with Crippen LogP contribution in [0.2, 0.25) is 0 Å². The zero-order chi connectivity index (χ0) is 9.84. The van der Waals surface area contributed by atoms with E-state index in [0.717, 1.165) is 0 Å². The molecule has 0 saturated heterocycles. The summed E-state index contributed by atoms with van der Waals surface area (Å²) in [6, 6.07) is 4.32. The van der Waals surface area contributed by atoms with E-state index in [-0.39, 0.29) is 6.61 Å². The summed E-state index contributed by atoms with van der Waals surface area (Å²) >= 11 is 0. The molecule has 1 aromatic carbocycles. The number of aliphatic hydroxyl groups excluding tert-OH is 1. The van der Waals surface area contributed by atoms with E-state index in [0.29, 0.717) is 0 Å². The van der Waals surface area contributed by atoms with Gasteiger partial charge in [0, 0.05) is 0 Å². The van der Waals surface area contributed by atoms with Gasteiger partial charge in [-0.2, -0.15) is 0 Å². The van der Waals surface area contributed by atoms with Crippen LogP contribution in [0.4, 0.5) is 0 Å². The van der Waals surface area contributed by atoms with Crippen LogP contribution in [0, 0.1) is 20.8 Å². The second-order valence-electron chi connectivity index (χ2n) is 3.38. The first-order chi connectivity index (χ1) is 6.15. The van der Waals surface area contributed by atoms with Crippen LogP contribution in [0.25, 0.3) is 6.08 Å². The molecule has 0 fully saturated rings. The van der Waals surface area contributed by atoms with Gasteiger partial charge in [0.2, 0.25) is 0 Å². The van der Waals surface area contributed by atoms with Gasteiger partial charge in [-0.15, -0.1) is 0 Å². The van der Waals surface area contributed by atoms with Crippen LogP contribution in [0.1, 0.15) is 22.3 Å². The molecule has 0 heterocycles. The largest absolute Gasteiger partial charge is 0.392 e. The fraction of sp³-hybridized carbons (Fsp3) is 0.333. The zero-order valence-corrected chi connectivity index (χ0v) is 8.46. The van der Waals surface area contributed by atoms with Crippen LogP contribution < -0.4 is 0 Å². The number of aliphatic hydroxyl groups is 1. The van der Waals surface area contributed by atoms with Crippen molar-refractivity contribution in [1.29, 1.82) is 0 Å². The van der Waals surface area contributed by atoms with Gasteiger partial charge in [-0.1, -0.05) is 24.3 Å². The van der Waals surface area contributed by atoms with E-state index >= 15 is 0 Å². The first-order valence-electron chi connectivity index (χ1n) is 4.50. The van der Waals surface area contributed by atoms with Crippen molar-refractivity contribution in [3.8, 4) is 0 Å². The van der Waals surface area contributed by atoms with E-state index < -0.39 is 0 Å². The van der Waals surface area contributed by atoms with Gasteiger partial charge in [-0.3, -0.25) is 0 Å². The molecule has 1 nitrogen and oxygen atoms in total. The van der Waals surface area contributed by atoms with Crippen molar-refractivity contribution in [3.05, 3.63) is 40.5 Å². The third kappa shape index (κ3) is 2.43. The predicted octanol–water partition coefficient (Wildman–Crippen LogP) is 2.62. The second kappa shape index (κ2) is 4.24. The molecule has 1 rings (SSSR count). The Bertz CT molecular complexity index is 324. The summed E-state index contributed by atoms with van der Waals surface area (Å²) in [5.74, 6) is 0. The summed E-state index contributed by atoms with van der Waals surface area (Å²) < 4.78 is 0. The lowest BCUT2D eigenvalue weighted by atomic mass is 10.0. The third-order valence-electron chi connectivity index (χ3n) is 2.29. The van der Waals surface area contributed by atoms with Gasteiger partial charge < -0.3 is 5.11 Å². The molecule has 13 heavy (non-hydrogen) atoms. The van der Waals surface area contributed by atoms with Crippen molar-refractivity contribution in [3.63, 3.8) is 0 Å². The van der Waals surface area contributed by atoms with Crippen molar-refractivity contribution in [1.82, 2.24) is 0 Å². The molecule has 0 aliphatic rings. The molecule has 0 aliphatic carbocycles. The van der Waals surface area contributed by atoms with Gasteiger partial charge in [0.1, 0.15) is 0 Å². The zero-order valence-electron chi connectivity index (χ0n) is 8.46. The van der Waals surface area contributed by atoms with Gasteiger partial charge in [-0.05, 0) is 43.0 Å². The van der Waals surface area contributed by atoms with Crippen LogP contribution in [0.5, 0.6) is 0 Å². The third-order valence-corrected chi connectivity index (χ3v) is 2.29. The maximum Gasteiger partial charge on any atom is 0.0615 e. The van der Waals surface area contributed by atoms with E-state index in [1.165, 1.54) is 22.3 Å². The summed E-state index contributed by atoms with van der Waals surface area (Å²) in [5.41, 5.74) is 5.06. The van der Waals surface area contributed by atoms with Crippen LogP contribution in [-0.4, -0.2) is 11.7 Å². The maximum atomic E-state index is 8.66. The lowest BCUT2D eigenvalue weighted by Crippen LogP contribution is -1.87. The standard InChI is InChI=1S/C12H16O/c1-9-7-11(3)12(5-4-6-13)8-10(9)2/h4-5,7-8,13H,6H2,1-3H3/b5-4+. The average molecular weight is 176 g/mol. The minimum absolute atomic E-state index is 0.104. The maximum absolute atomic E-state index is 8.66. The fourth-order valence-corrected chi connectivity index (χ4v) is 1.34. The molecule has 0 atom stereocenters. The summed E-state index contributed by atoms with van der Waals surface area (Å²) in [7, 11) is 0. The summed E-state index contributed by atoms with van der Waals surface area (Å²) in [4.78, 5) is 0. The molecule has 0 radical (unpaired) electrons. The van der Waals surface area contributed by atoms with Gasteiger partial charge in [-0.25, -0.2) is 0 Å². The highest BCUT2D eigenvalue weighted by Gasteiger charge is 1.97. The number of benzene rings is 1. The molecule has 0 spiro atoms.